The molecule has 0 unspecified atom stereocenters. The summed E-state index contributed by atoms with van der Waals surface area (Å²) in [7, 11) is 0.848. The van der Waals surface area contributed by atoms with Crippen LogP contribution in [0.2, 0.25) is 0 Å². The van der Waals surface area contributed by atoms with Gasteiger partial charge >= 0.3 is 0 Å². The van der Waals surface area contributed by atoms with Crippen molar-refractivity contribution in [1.82, 2.24) is 0 Å². The molecule has 4 heavy (non-hydrogen) atoms. The molecule has 0 heterocycles. The van der Waals surface area contributed by atoms with Gasteiger partial charge in [-0.3, -0.25) is 0 Å². The van der Waals surface area contributed by atoms with Gasteiger partial charge in [0.05, 0.1) is 10.2 Å². The third-order valence-corrected chi connectivity index (χ3v) is 0.346. The van der Waals surface area contributed by atoms with Crippen LogP contribution in [0.1, 0.15) is 0 Å². The van der Waals surface area contributed by atoms with Crippen molar-refractivity contribution in [1.29, 1.82) is 0 Å². The summed E-state index contributed by atoms with van der Waals surface area (Å²) in [6, 6.07) is 0. The molecule has 1 N–H and O–H groups in total. The SMILES string of the molecule is ON=C[SiH3]. The number of oxime groups is 1. The number of hydrogen-bond acceptors (Lipinski definition) is 2. The van der Waals surface area contributed by atoms with Crippen LogP contribution in [0, 0.1) is 0 Å². The summed E-state index contributed by atoms with van der Waals surface area (Å²) in [5.41, 5.74) is 0. The molecule has 0 aromatic carbocycles. The van der Waals surface area contributed by atoms with Crippen molar-refractivity contribution in [2.45, 2.75) is 0 Å². The normalized spacial score (nSPS) is 10.0. The Hall–Kier alpha value is -0.313. The van der Waals surface area contributed by atoms with E-state index >= 15 is 0 Å². The molecule has 0 radical (unpaired) electrons. The molecule has 0 fully saturated rings. The summed E-state index contributed by atoms with van der Waals surface area (Å²) in [4.78, 5) is 0. The van der Waals surface area contributed by atoms with Crippen molar-refractivity contribution in [3.63, 3.8) is 0 Å². The summed E-state index contributed by atoms with van der Waals surface area (Å²) in [6.07, 6.45) is 0. The molecule has 0 aromatic rings. The standard InChI is InChI=1S/CH5NOSi/c3-2-1-4/h1,3H,4H3. The first-order valence-corrected chi connectivity index (χ1v) is 2.19. The van der Waals surface area contributed by atoms with Gasteiger partial charge < -0.3 is 5.21 Å². The zero-order valence-electron chi connectivity index (χ0n) is 2.47. The lowest BCUT2D eigenvalue weighted by Gasteiger charge is -1.54. The van der Waals surface area contributed by atoms with E-state index in [9.17, 15) is 0 Å². The number of hydrogen-bond donors (Lipinski definition) is 1. The lowest BCUT2D eigenvalue weighted by Crippen LogP contribution is -1.59. The van der Waals surface area contributed by atoms with Gasteiger partial charge in [-0.2, -0.15) is 0 Å². The maximum atomic E-state index is 7.48. The van der Waals surface area contributed by atoms with Gasteiger partial charge in [0.25, 0.3) is 0 Å². The first kappa shape index (κ1) is 3.69. The molecule has 0 rings (SSSR count). The van der Waals surface area contributed by atoms with E-state index in [2.05, 4.69) is 5.16 Å². The Morgan fingerprint density at radius 1 is 2.00 bits per heavy atom. The van der Waals surface area contributed by atoms with E-state index in [-0.39, 0.29) is 0 Å². The number of nitrogens with zero attached hydrogens (tertiary/aromatic N) is 1. The Balaban J connectivity index is 2.55. The van der Waals surface area contributed by atoms with E-state index in [4.69, 9.17) is 5.21 Å². The molecule has 0 saturated carbocycles. The Bertz CT molecular complexity index is 23.2. The summed E-state index contributed by atoms with van der Waals surface area (Å²) < 4.78 is 0. The molecule has 3 heteroatoms. The van der Waals surface area contributed by atoms with E-state index in [1.807, 2.05) is 0 Å². The smallest absolute Gasteiger partial charge is 0.0571 e. The Morgan fingerprint density at radius 3 is 2.25 bits per heavy atom. The van der Waals surface area contributed by atoms with Crippen LogP contribution in [0.15, 0.2) is 5.16 Å². The van der Waals surface area contributed by atoms with Crippen molar-refractivity contribution >= 4 is 16.1 Å². The minimum absolute atomic E-state index is 0.848. The van der Waals surface area contributed by atoms with Crippen LogP contribution in [0.4, 0.5) is 0 Å². The maximum absolute atomic E-state index is 7.48. The Morgan fingerprint density at radius 2 is 2.25 bits per heavy atom. The topological polar surface area (TPSA) is 32.6 Å². The van der Waals surface area contributed by atoms with Gasteiger partial charge in [-0.05, 0) is 0 Å². The van der Waals surface area contributed by atoms with Crippen LogP contribution < -0.4 is 0 Å². The van der Waals surface area contributed by atoms with Gasteiger partial charge in [0.1, 0.15) is 0 Å². The average molecular weight is 75.1 g/mol. The van der Waals surface area contributed by atoms with Crippen molar-refractivity contribution < 1.29 is 5.21 Å². The van der Waals surface area contributed by atoms with Crippen LogP contribution in [0.5, 0.6) is 0 Å². The molecule has 0 spiro atoms. The van der Waals surface area contributed by atoms with E-state index < -0.39 is 0 Å². The molecule has 2 nitrogen and oxygen atoms in total. The maximum Gasteiger partial charge on any atom is 0.0571 e. The van der Waals surface area contributed by atoms with Crippen LogP contribution in [-0.2, 0) is 0 Å². The molecular weight excluding hydrogens is 70.1 g/mol. The summed E-state index contributed by atoms with van der Waals surface area (Å²) >= 11 is 0. The van der Waals surface area contributed by atoms with Crippen molar-refractivity contribution in [3.05, 3.63) is 0 Å². The first-order chi connectivity index (χ1) is 1.91. The van der Waals surface area contributed by atoms with E-state index in [1.54, 1.807) is 0 Å². The van der Waals surface area contributed by atoms with Crippen molar-refractivity contribution in [2.24, 2.45) is 5.16 Å². The lowest BCUT2D eigenvalue weighted by atomic mass is 11.7. The highest BCUT2D eigenvalue weighted by atomic mass is 28.1. The quantitative estimate of drug-likeness (QED) is 0.166. The zero-order valence-corrected chi connectivity index (χ0v) is 4.47. The highest BCUT2D eigenvalue weighted by molar-refractivity contribution is 6.49. The predicted molar refractivity (Wildman–Crippen MR) is 20.2 cm³/mol. The molecule has 24 valence electrons. The third-order valence-electron chi connectivity index (χ3n) is 0.115. The summed E-state index contributed by atoms with van der Waals surface area (Å²) in [5, 5.41) is 10.2. The molecule has 0 aliphatic carbocycles. The van der Waals surface area contributed by atoms with Gasteiger partial charge in [-0.1, -0.05) is 0 Å². The predicted octanol–water partition coefficient (Wildman–Crippen LogP) is -1.23. The Labute approximate surface area is 27.6 Å². The summed E-state index contributed by atoms with van der Waals surface area (Å²) in [6.45, 7) is 0. The highest BCUT2D eigenvalue weighted by Crippen LogP contribution is 1.31. The second-order valence-electron chi connectivity index (χ2n) is 0.374. The van der Waals surface area contributed by atoms with Gasteiger partial charge in [-0.25, -0.2) is 0 Å². The highest BCUT2D eigenvalue weighted by Gasteiger charge is 1.35. The monoisotopic (exact) mass is 75.0 g/mol. The largest absolute Gasteiger partial charge is 0.411 e. The van der Waals surface area contributed by atoms with Gasteiger partial charge in [0.15, 0.2) is 0 Å². The molecule has 0 atom stereocenters. The first-order valence-electron chi connectivity index (χ1n) is 1.04. The van der Waals surface area contributed by atoms with Crippen LogP contribution in [-0.4, -0.2) is 21.3 Å². The second kappa shape index (κ2) is 2.69. The van der Waals surface area contributed by atoms with Gasteiger partial charge in [0, 0.05) is 5.84 Å². The van der Waals surface area contributed by atoms with E-state index in [1.165, 1.54) is 5.84 Å². The molecule has 0 bridgehead atoms. The average Bonchev–Trinajstić information content (AvgIpc) is 1.37. The molecule has 0 amide bonds. The second-order valence-corrected chi connectivity index (χ2v) is 0.890. The fraction of sp³-hybridized carbons (Fsp3) is 0. The van der Waals surface area contributed by atoms with Crippen LogP contribution in [0.3, 0.4) is 0 Å². The van der Waals surface area contributed by atoms with Crippen molar-refractivity contribution in [3.8, 4) is 0 Å². The van der Waals surface area contributed by atoms with Crippen LogP contribution >= 0.6 is 0 Å². The molecule has 0 saturated heterocycles. The molecular formula is CH5NOSi. The minimum atomic E-state index is 0.848. The third kappa shape index (κ3) is 1.69. The lowest BCUT2D eigenvalue weighted by molar-refractivity contribution is 0.323. The fourth-order valence-corrected chi connectivity index (χ4v) is 0. The van der Waals surface area contributed by atoms with E-state index in [0.717, 1.165) is 10.2 Å². The fourth-order valence-electron chi connectivity index (χ4n) is 0. The van der Waals surface area contributed by atoms with Gasteiger partial charge in [-0.15, -0.1) is 5.16 Å². The summed E-state index contributed by atoms with van der Waals surface area (Å²) in [5.74, 6) is 1.44. The molecule has 0 aromatic heterocycles. The van der Waals surface area contributed by atoms with E-state index in [0.29, 0.717) is 0 Å². The molecule has 0 aliphatic heterocycles. The van der Waals surface area contributed by atoms with Crippen LogP contribution in [0.25, 0.3) is 0 Å². The zero-order chi connectivity index (χ0) is 3.41. The molecule has 0 aliphatic rings. The number of rotatable bonds is 0. The Kier molecular flexibility index (Phi) is 2.48. The minimum Gasteiger partial charge on any atom is -0.411 e. The van der Waals surface area contributed by atoms with Gasteiger partial charge in [0.2, 0.25) is 0 Å². The van der Waals surface area contributed by atoms with Crippen molar-refractivity contribution in [2.75, 3.05) is 0 Å².